The molecular weight excluding hydrogens is 284 g/mol. The van der Waals surface area contributed by atoms with Crippen LogP contribution in [0.4, 0.5) is 5.13 Å². The lowest BCUT2D eigenvalue weighted by Crippen LogP contribution is -2.17. The van der Waals surface area contributed by atoms with Gasteiger partial charge in [-0.25, -0.2) is 0 Å². The number of benzene rings is 1. The molecule has 1 aromatic carbocycles. The second-order valence-corrected chi connectivity index (χ2v) is 6.01. The van der Waals surface area contributed by atoms with Crippen molar-refractivity contribution in [3.63, 3.8) is 0 Å². The van der Waals surface area contributed by atoms with E-state index in [1.807, 2.05) is 12.1 Å². The molecule has 0 unspecified atom stereocenters. The van der Waals surface area contributed by atoms with Gasteiger partial charge in [0.25, 0.3) is 0 Å². The summed E-state index contributed by atoms with van der Waals surface area (Å²) < 4.78 is 5.17. The smallest absolute Gasteiger partial charge is 0.205 e. The van der Waals surface area contributed by atoms with Crippen LogP contribution in [0.5, 0.6) is 5.75 Å². The molecule has 0 aliphatic carbocycles. The molecular formula is C15H22N4OS. The Kier molecular flexibility index (Phi) is 5.95. The van der Waals surface area contributed by atoms with Crippen molar-refractivity contribution in [3.8, 4) is 5.75 Å². The first-order valence-electron chi connectivity index (χ1n) is 7.09. The number of ether oxygens (including phenoxy) is 1. The van der Waals surface area contributed by atoms with Crippen molar-refractivity contribution in [2.45, 2.75) is 26.4 Å². The number of nitrogens with one attached hydrogen (secondary N) is 1. The van der Waals surface area contributed by atoms with E-state index in [4.69, 9.17) is 4.74 Å². The van der Waals surface area contributed by atoms with Gasteiger partial charge in [0.2, 0.25) is 5.13 Å². The second kappa shape index (κ2) is 7.95. The van der Waals surface area contributed by atoms with Crippen molar-refractivity contribution >= 4 is 16.5 Å². The topological polar surface area (TPSA) is 50.3 Å². The third kappa shape index (κ3) is 4.99. The lowest BCUT2D eigenvalue weighted by atomic mass is 10.2. The van der Waals surface area contributed by atoms with E-state index in [1.54, 1.807) is 18.4 Å². The van der Waals surface area contributed by atoms with Crippen LogP contribution in [0.25, 0.3) is 0 Å². The van der Waals surface area contributed by atoms with Crippen LogP contribution in [0.1, 0.15) is 23.9 Å². The Hall–Kier alpha value is -1.66. The van der Waals surface area contributed by atoms with Crippen LogP contribution in [-0.4, -0.2) is 35.8 Å². The minimum atomic E-state index is 0.803. The van der Waals surface area contributed by atoms with Crippen molar-refractivity contribution in [1.29, 1.82) is 0 Å². The fourth-order valence-electron chi connectivity index (χ4n) is 1.95. The van der Waals surface area contributed by atoms with Crippen LogP contribution in [0, 0.1) is 0 Å². The highest BCUT2D eigenvalue weighted by Gasteiger charge is 2.07. The minimum Gasteiger partial charge on any atom is -0.497 e. The maximum absolute atomic E-state index is 5.17. The van der Waals surface area contributed by atoms with Crippen LogP contribution in [0.15, 0.2) is 24.3 Å². The van der Waals surface area contributed by atoms with E-state index >= 15 is 0 Å². The molecule has 0 radical (unpaired) electrons. The lowest BCUT2D eigenvalue weighted by Gasteiger charge is -2.14. The Morgan fingerprint density at radius 2 is 1.95 bits per heavy atom. The molecule has 0 aliphatic rings. The van der Waals surface area contributed by atoms with E-state index < -0.39 is 0 Å². The standard InChI is InChI=1S/C15H22N4OS/c1-4-9-16-15-18-17-14(21-15)11-19(2)10-12-5-7-13(20-3)8-6-12/h5-8H,4,9-11H2,1-3H3,(H,16,18). The van der Waals surface area contributed by atoms with E-state index in [9.17, 15) is 0 Å². The molecule has 0 saturated heterocycles. The third-order valence-electron chi connectivity index (χ3n) is 3.01. The van der Waals surface area contributed by atoms with Gasteiger partial charge in [-0.1, -0.05) is 30.4 Å². The van der Waals surface area contributed by atoms with E-state index in [1.165, 1.54) is 5.56 Å². The predicted octanol–water partition coefficient (Wildman–Crippen LogP) is 3.00. The molecule has 2 rings (SSSR count). The normalized spacial score (nSPS) is 10.9. The summed E-state index contributed by atoms with van der Waals surface area (Å²) in [4.78, 5) is 2.23. The maximum Gasteiger partial charge on any atom is 0.205 e. The summed E-state index contributed by atoms with van der Waals surface area (Å²) in [6.45, 7) is 4.76. The Labute approximate surface area is 130 Å². The first kappa shape index (κ1) is 15.7. The van der Waals surface area contributed by atoms with Gasteiger partial charge in [-0.2, -0.15) is 0 Å². The van der Waals surface area contributed by atoms with E-state index in [0.29, 0.717) is 0 Å². The number of aromatic nitrogens is 2. The molecule has 0 saturated carbocycles. The summed E-state index contributed by atoms with van der Waals surface area (Å²) in [6, 6.07) is 8.15. The summed E-state index contributed by atoms with van der Waals surface area (Å²) >= 11 is 1.62. The summed E-state index contributed by atoms with van der Waals surface area (Å²) in [5, 5.41) is 13.6. The van der Waals surface area contributed by atoms with Crippen LogP contribution in [0.3, 0.4) is 0 Å². The van der Waals surface area contributed by atoms with Crippen molar-refractivity contribution in [2.24, 2.45) is 0 Å². The van der Waals surface area contributed by atoms with E-state index in [0.717, 1.165) is 41.9 Å². The highest BCUT2D eigenvalue weighted by molar-refractivity contribution is 7.15. The molecule has 114 valence electrons. The van der Waals surface area contributed by atoms with Crippen LogP contribution >= 0.6 is 11.3 Å². The zero-order valence-corrected chi connectivity index (χ0v) is 13.6. The minimum absolute atomic E-state index is 0.803. The van der Waals surface area contributed by atoms with Gasteiger partial charge in [0.1, 0.15) is 10.8 Å². The zero-order valence-electron chi connectivity index (χ0n) is 12.8. The van der Waals surface area contributed by atoms with Crippen LogP contribution < -0.4 is 10.1 Å². The van der Waals surface area contributed by atoms with Gasteiger partial charge < -0.3 is 10.1 Å². The van der Waals surface area contributed by atoms with Gasteiger partial charge in [0.15, 0.2) is 0 Å². The number of hydrogen-bond donors (Lipinski definition) is 1. The first-order chi connectivity index (χ1) is 10.2. The molecule has 0 spiro atoms. The molecule has 2 aromatic rings. The molecule has 1 aromatic heterocycles. The van der Waals surface area contributed by atoms with E-state index in [2.05, 4.69) is 46.5 Å². The van der Waals surface area contributed by atoms with Crippen molar-refractivity contribution in [1.82, 2.24) is 15.1 Å². The van der Waals surface area contributed by atoms with Gasteiger partial charge in [-0.3, -0.25) is 4.90 Å². The summed E-state index contributed by atoms with van der Waals surface area (Å²) in [6.07, 6.45) is 1.09. The molecule has 0 bridgehead atoms. The lowest BCUT2D eigenvalue weighted by molar-refractivity contribution is 0.317. The van der Waals surface area contributed by atoms with Gasteiger partial charge >= 0.3 is 0 Å². The molecule has 0 amide bonds. The SMILES string of the molecule is CCCNc1nnc(CN(C)Cc2ccc(OC)cc2)s1. The van der Waals surface area contributed by atoms with Crippen LogP contribution in [0.2, 0.25) is 0 Å². The van der Waals surface area contributed by atoms with Crippen molar-refractivity contribution in [2.75, 3.05) is 26.0 Å². The molecule has 21 heavy (non-hydrogen) atoms. The molecule has 6 heteroatoms. The molecule has 0 fully saturated rings. The summed E-state index contributed by atoms with van der Waals surface area (Å²) in [5.41, 5.74) is 1.26. The average Bonchev–Trinajstić information content (AvgIpc) is 2.93. The molecule has 0 atom stereocenters. The van der Waals surface area contributed by atoms with Gasteiger partial charge in [0, 0.05) is 13.1 Å². The Morgan fingerprint density at radius 3 is 2.62 bits per heavy atom. The number of rotatable bonds is 8. The van der Waals surface area contributed by atoms with Gasteiger partial charge in [0.05, 0.1) is 13.7 Å². The fourth-order valence-corrected chi connectivity index (χ4v) is 2.80. The van der Waals surface area contributed by atoms with Crippen molar-refractivity contribution < 1.29 is 4.74 Å². The fraction of sp³-hybridized carbons (Fsp3) is 0.467. The summed E-state index contributed by atoms with van der Waals surface area (Å²) in [7, 11) is 3.77. The summed E-state index contributed by atoms with van der Waals surface area (Å²) in [5.74, 6) is 0.886. The number of anilines is 1. The number of methoxy groups -OCH3 is 1. The Balaban J connectivity index is 1.85. The second-order valence-electron chi connectivity index (χ2n) is 4.95. The highest BCUT2D eigenvalue weighted by Crippen LogP contribution is 2.18. The molecule has 5 nitrogen and oxygen atoms in total. The predicted molar refractivity (Wildman–Crippen MR) is 86.9 cm³/mol. The molecule has 0 aliphatic heterocycles. The zero-order chi connectivity index (χ0) is 15.1. The molecule has 1 N–H and O–H groups in total. The van der Waals surface area contributed by atoms with E-state index in [-0.39, 0.29) is 0 Å². The van der Waals surface area contributed by atoms with Gasteiger partial charge in [-0.05, 0) is 31.2 Å². The maximum atomic E-state index is 5.17. The Morgan fingerprint density at radius 1 is 1.19 bits per heavy atom. The van der Waals surface area contributed by atoms with Crippen molar-refractivity contribution in [3.05, 3.63) is 34.8 Å². The largest absolute Gasteiger partial charge is 0.497 e. The molecule has 1 heterocycles. The highest BCUT2D eigenvalue weighted by atomic mass is 32.1. The third-order valence-corrected chi connectivity index (χ3v) is 3.88. The van der Waals surface area contributed by atoms with Crippen LogP contribution in [-0.2, 0) is 13.1 Å². The quantitative estimate of drug-likeness (QED) is 0.812. The average molecular weight is 306 g/mol. The Bertz CT molecular complexity index is 541. The first-order valence-corrected chi connectivity index (χ1v) is 7.90. The monoisotopic (exact) mass is 306 g/mol. The van der Waals surface area contributed by atoms with Gasteiger partial charge in [-0.15, -0.1) is 10.2 Å². The number of hydrogen-bond acceptors (Lipinski definition) is 6. The number of nitrogens with zero attached hydrogens (tertiary/aromatic N) is 3.